The van der Waals surface area contributed by atoms with E-state index in [2.05, 4.69) is 15.3 Å². The van der Waals surface area contributed by atoms with Crippen LogP contribution < -0.4 is 5.32 Å². The van der Waals surface area contributed by atoms with E-state index in [-0.39, 0.29) is 5.91 Å². The van der Waals surface area contributed by atoms with Gasteiger partial charge in [0.15, 0.2) is 10.2 Å². The zero-order valence-electron chi connectivity index (χ0n) is 10.5. The van der Waals surface area contributed by atoms with E-state index in [0.717, 1.165) is 11.4 Å². The maximum Gasteiger partial charge on any atom is 0.282 e. The van der Waals surface area contributed by atoms with Crippen LogP contribution in [0.15, 0.2) is 70.6 Å². The van der Waals surface area contributed by atoms with Crippen molar-refractivity contribution in [1.29, 1.82) is 0 Å². The molecule has 1 aliphatic rings. The number of para-hydroxylation sites is 2. The highest BCUT2D eigenvalue weighted by molar-refractivity contribution is 8.29. The lowest BCUT2D eigenvalue weighted by Gasteiger charge is -1.94. The largest absolute Gasteiger partial charge is 0.299 e. The van der Waals surface area contributed by atoms with Crippen molar-refractivity contribution in [3.8, 4) is 0 Å². The molecule has 5 heteroatoms. The summed E-state index contributed by atoms with van der Waals surface area (Å²) in [5.74, 6) is -0.214. The van der Waals surface area contributed by atoms with Crippen molar-refractivity contribution in [2.24, 2.45) is 9.98 Å². The highest BCUT2D eigenvalue weighted by atomic mass is 32.2. The molecule has 0 radical (unpaired) electrons. The second-order valence-electron chi connectivity index (χ2n) is 4.06. The molecule has 0 aliphatic carbocycles. The van der Waals surface area contributed by atoms with Crippen molar-refractivity contribution in [3.05, 3.63) is 60.7 Å². The fourth-order valence-electron chi connectivity index (χ4n) is 1.68. The van der Waals surface area contributed by atoms with E-state index in [9.17, 15) is 4.79 Å². The van der Waals surface area contributed by atoms with Crippen molar-refractivity contribution in [2.45, 2.75) is 0 Å². The molecule has 0 saturated carbocycles. The van der Waals surface area contributed by atoms with E-state index in [0.29, 0.717) is 10.2 Å². The van der Waals surface area contributed by atoms with Gasteiger partial charge in [0.05, 0.1) is 11.4 Å². The molecule has 2 aromatic carbocycles. The third-order valence-corrected chi connectivity index (χ3v) is 3.44. The second-order valence-corrected chi connectivity index (χ2v) is 5.04. The Morgan fingerprint density at radius 1 is 0.800 bits per heavy atom. The van der Waals surface area contributed by atoms with Gasteiger partial charge in [0.25, 0.3) is 5.91 Å². The standard InChI is InChI=1S/C15H11N3OS/c19-13-14(16-11-7-3-1-4-8-11)20-15(18-13)17-12-9-5-2-6-10-12/h1-10H,(H,17,18,19). The third kappa shape index (κ3) is 2.95. The topological polar surface area (TPSA) is 53.8 Å². The lowest BCUT2D eigenvalue weighted by molar-refractivity contribution is -0.113. The quantitative estimate of drug-likeness (QED) is 0.918. The number of rotatable bonds is 2. The first-order chi connectivity index (χ1) is 9.81. The molecule has 1 saturated heterocycles. The molecule has 0 aromatic heterocycles. The number of thioether (sulfide) groups is 1. The molecule has 0 spiro atoms. The minimum Gasteiger partial charge on any atom is -0.299 e. The summed E-state index contributed by atoms with van der Waals surface area (Å²) in [7, 11) is 0. The van der Waals surface area contributed by atoms with Gasteiger partial charge in [0.2, 0.25) is 0 Å². The van der Waals surface area contributed by atoms with Crippen LogP contribution in [0.5, 0.6) is 0 Å². The minimum atomic E-state index is -0.214. The van der Waals surface area contributed by atoms with E-state index in [4.69, 9.17) is 0 Å². The lowest BCUT2D eigenvalue weighted by atomic mass is 10.3. The maximum absolute atomic E-state index is 11.8. The number of aliphatic imine (C=N–C) groups is 2. The summed E-state index contributed by atoms with van der Waals surface area (Å²) in [6.45, 7) is 0. The molecule has 0 atom stereocenters. The molecule has 20 heavy (non-hydrogen) atoms. The fraction of sp³-hybridized carbons (Fsp3) is 0. The molecular formula is C15H11N3OS. The van der Waals surface area contributed by atoms with Gasteiger partial charge in [-0.05, 0) is 36.0 Å². The van der Waals surface area contributed by atoms with Crippen LogP contribution in [0.25, 0.3) is 0 Å². The molecule has 0 unspecified atom stereocenters. The molecule has 1 fully saturated rings. The average Bonchev–Trinajstić information content (AvgIpc) is 2.81. The minimum absolute atomic E-state index is 0.214. The Bertz CT molecular complexity index is 681. The Balaban J connectivity index is 1.83. The van der Waals surface area contributed by atoms with E-state index in [1.807, 2.05) is 60.7 Å². The number of amidine groups is 1. The van der Waals surface area contributed by atoms with Crippen molar-refractivity contribution in [2.75, 3.05) is 0 Å². The molecule has 4 nitrogen and oxygen atoms in total. The highest BCUT2D eigenvalue weighted by Crippen LogP contribution is 2.22. The molecule has 0 bridgehead atoms. The van der Waals surface area contributed by atoms with Crippen molar-refractivity contribution in [3.63, 3.8) is 0 Å². The summed E-state index contributed by atoms with van der Waals surface area (Å²) in [6, 6.07) is 18.9. The molecular weight excluding hydrogens is 270 g/mol. The predicted octanol–water partition coefficient (Wildman–Crippen LogP) is 3.27. The van der Waals surface area contributed by atoms with Crippen LogP contribution in [0.4, 0.5) is 11.4 Å². The van der Waals surface area contributed by atoms with Crippen LogP contribution in [0.3, 0.4) is 0 Å². The van der Waals surface area contributed by atoms with Gasteiger partial charge in [-0.1, -0.05) is 36.4 Å². The van der Waals surface area contributed by atoms with Gasteiger partial charge >= 0.3 is 0 Å². The Labute approximate surface area is 120 Å². The van der Waals surface area contributed by atoms with E-state index >= 15 is 0 Å². The molecule has 1 aliphatic heterocycles. The van der Waals surface area contributed by atoms with Gasteiger partial charge in [-0.15, -0.1) is 0 Å². The zero-order chi connectivity index (χ0) is 13.8. The van der Waals surface area contributed by atoms with Gasteiger partial charge in [-0.3, -0.25) is 10.1 Å². The lowest BCUT2D eigenvalue weighted by Crippen LogP contribution is -2.22. The Morgan fingerprint density at radius 3 is 1.95 bits per heavy atom. The first-order valence-corrected chi connectivity index (χ1v) is 6.89. The highest BCUT2D eigenvalue weighted by Gasteiger charge is 2.25. The van der Waals surface area contributed by atoms with Crippen LogP contribution in [-0.2, 0) is 4.79 Å². The molecule has 1 heterocycles. The monoisotopic (exact) mass is 281 g/mol. The van der Waals surface area contributed by atoms with Crippen molar-refractivity contribution >= 4 is 39.3 Å². The number of hydrogen-bond acceptors (Lipinski definition) is 4. The number of carbonyl (C=O) groups is 1. The molecule has 2 aromatic rings. The first-order valence-electron chi connectivity index (χ1n) is 6.08. The molecule has 1 N–H and O–H groups in total. The summed E-state index contributed by atoms with van der Waals surface area (Å²) >= 11 is 1.25. The smallest absolute Gasteiger partial charge is 0.282 e. The molecule has 98 valence electrons. The number of nitrogens with one attached hydrogen (secondary N) is 1. The summed E-state index contributed by atoms with van der Waals surface area (Å²) in [4.78, 5) is 20.5. The van der Waals surface area contributed by atoms with Crippen molar-refractivity contribution < 1.29 is 4.79 Å². The summed E-state index contributed by atoms with van der Waals surface area (Å²) in [5.41, 5.74) is 1.56. The van der Waals surface area contributed by atoms with Gasteiger partial charge < -0.3 is 0 Å². The van der Waals surface area contributed by atoms with Crippen LogP contribution in [0, 0.1) is 0 Å². The van der Waals surface area contributed by atoms with Crippen molar-refractivity contribution in [1.82, 2.24) is 5.32 Å². The Kier molecular flexibility index (Phi) is 3.60. The second kappa shape index (κ2) is 5.71. The summed E-state index contributed by atoms with van der Waals surface area (Å²) in [5, 5.41) is 3.68. The first kappa shape index (κ1) is 12.6. The number of benzene rings is 2. The predicted molar refractivity (Wildman–Crippen MR) is 82.8 cm³/mol. The van der Waals surface area contributed by atoms with Gasteiger partial charge in [0.1, 0.15) is 0 Å². The summed E-state index contributed by atoms with van der Waals surface area (Å²) in [6.07, 6.45) is 0. The molecule has 3 rings (SSSR count). The zero-order valence-corrected chi connectivity index (χ0v) is 11.3. The number of hydrogen-bond donors (Lipinski definition) is 1. The third-order valence-electron chi connectivity index (χ3n) is 2.58. The number of carbonyl (C=O) groups excluding carboxylic acids is 1. The van der Waals surface area contributed by atoms with Crippen LogP contribution >= 0.6 is 11.8 Å². The average molecular weight is 281 g/mol. The van der Waals surface area contributed by atoms with Gasteiger partial charge in [0, 0.05) is 0 Å². The van der Waals surface area contributed by atoms with Crippen LogP contribution in [-0.4, -0.2) is 16.1 Å². The maximum atomic E-state index is 11.8. The van der Waals surface area contributed by atoms with E-state index in [1.165, 1.54) is 11.8 Å². The van der Waals surface area contributed by atoms with Crippen LogP contribution in [0.1, 0.15) is 0 Å². The summed E-state index contributed by atoms with van der Waals surface area (Å²) < 4.78 is 0. The van der Waals surface area contributed by atoms with Crippen LogP contribution in [0.2, 0.25) is 0 Å². The number of amides is 1. The fourth-order valence-corrected chi connectivity index (χ4v) is 2.45. The van der Waals surface area contributed by atoms with Gasteiger partial charge in [-0.25, -0.2) is 9.98 Å². The normalized spacial score (nSPS) is 18.5. The van der Waals surface area contributed by atoms with E-state index < -0.39 is 0 Å². The Morgan fingerprint density at radius 2 is 1.35 bits per heavy atom. The Hall–Kier alpha value is -2.40. The SMILES string of the molecule is O=C1NC(=Nc2ccccc2)SC1=Nc1ccccc1. The molecule has 1 amide bonds. The van der Waals surface area contributed by atoms with E-state index in [1.54, 1.807) is 0 Å². The van der Waals surface area contributed by atoms with Gasteiger partial charge in [-0.2, -0.15) is 0 Å². The number of nitrogens with zero attached hydrogens (tertiary/aromatic N) is 2.